The molecule has 0 radical (unpaired) electrons. The summed E-state index contributed by atoms with van der Waals surface area (Å²) in [6, 6.07) is 2.68. The lowest BCUT2D eigenvalue weighted by Gasteiger charge is -2.23. The van der Waals surface area contributed by atoms with Crippen molar-refractivity contribution in [1.82, 2.24) is 0 Å². The zero-order chi connectivity index (χ0) is 15.6. The van der Waals surface area contributed by atoms with Crippen molar-refractivity contribution in [2.24, 2.45) is 0 Å². The molecule has 20 heavy (non-hydrogen) atoms. The summed E-state index contributed by atoms with van der Waals surface area (Å²) in [7, 11) is 0. The molecule has 112 valence electrons. The van der Waals surface area contributed by atoms with Gasteiger partial charge in [0.05, 0.1) is 11.1 Å². The van der Waals surface area contributed by atoms with E-state index in [0.717, 1.165) is 12.1 Å². The molecule has 0 aliphatic carbocycles. The van der Waals surface area contributed by atoms with Crippen LogP contribution in [-0.2, 0) is 6.18 Å². The summed E-state index contributed by atoms with van der Waals surface area (Å²) >= 11 is 1.58. The van der Waals surface area contributed by atoms with E-state index in [1.807, 2.05) is 20.1 Å². The molecule has 0 saturated carbocycles. The fourth-order valence-corrected chi connectivity index (χ4v) is 1.65. The molecule has 7 heteroatoms. The fraction of sp³-hybridized carbons (Fsp3) is 0.462. The first kappa shape index (κ1) is 16.7. The summed E-state index contributed by atoms with van der Waals surface area (Å²) < 4.78 is 37.6. The molecule has 0 bridgehead atoms. The lowest BCUT2D eigenvalue weighted by molar-refractivity contribution is -0.137. The van der Waals surface area contributed by atoms with Gasteiger partial charge in [-0.15, -0.1) is 0 Å². The first-order valence-corrected chi connectivity index (χ1v) is 7.03. The molecule has 0 atom stereocenters. The van der Waals surface area contributed by atoms with Crippen molar-refractivity contribution in [3.63, 3.8) is 0 Å². The van der Waals surface area contributed by atoms with E-state index >= 15 is 0 Å². The molecule has 1 aromatic carbocycles. The Hall–Kier alpha value is -1.37. The maximum Gasteiger partial charge on any atom is 0.416 e. The van der Waals surface area contributed by atoms with Gasteiger partial charge in [0.25, 0.3) is 0 Å². The zero-order valence-corrected chi connectivity index (χ0v) is 12.2. The minimum Gasteiger partial charge on any atom is -0.478 e. The minimum atomic E-state index is -4.55. The Labute approximate surface area is 119 Å². The standard InChI is InChI=1S/C13H16F3NO2S/c1-12(2,20-3)7-17-10-5-4-8(13(14,15)16)6-9(10)11(18)19/h4-6,17H,7H2,1-3H3,(H,18,19). The molecule has 1 rings (SSSR count). The topological polar surface area (TPSA) is 49.3 Å². The molecule has 1 aromatic rings. The number of anilines is 1. The van der Waals surface area contributed by atoms with E-state index < -0.39 is 17.7 Å². The molecule has 0 aliphatic heterocycles. The minimum absolute atomic E-state index is 0.154. The van der Waals surface area contributed by atoms with E-state index in [0.29, 0.717) is 12.6 Å². The molecule has 0 spiro atoms. The van der Waals surface area contributed by atoms with E-state index in [2.05, 4.69) is 5.32 Å². The number of alkyl halides is 3. The van der Waals surface area contributed by atoms with Crippen LogP contribution >= 0.6 is 11.8 Å². The summed E-state index contributed by atoms with van der Waals surface area (Å²) in [5.41, 5.74) is -1.16. The summed E-state index contributed by atoms with van der Waals surface area (Å²) in [6.07, 6.45) is -2.65. The lowest BCUT2D eigenvalue weighted by atomic mass is 10.1. The van der Waals surface area contributed by atoms with Crippen LogP contribution < -0.4 is 5.32 Å². The summed E-state index contributed by atoms with van der Waals surface area (Å²) in [5.74, 6) is -1.39. The number of aromatic carboxylic acids is 1. The van der Waals surface area contributed by atoms with Crippen LogP contribution in [0.25, 0.3) is 0 Å². The third-order valence-electron chi connectivity index (χ3n) is 2.83. The number of hydrogen-bond donors (Lipinski definition) is 2. The van der Waals surface area contributed by atoms with Crippen molar-refractivity contribution in [2.75, 3.05) is 18.1 Å². The molecule has 0 aliphatic rings. The van der Waals surface area contributed by atoms with Gasteiger partial charge in [0.15, 0.2) is 0 Å². The Morgan fingerprint density at radius 1 is 1.35 bits per heavy atom. The number of hydrogen-bond acceptors (Lipinski definition) is 3. The van der Waals surface area contributed by atoms with E-state index in [9.17, 15) is 18.0 Å². The molecule has 0 unspecified atom stereocenters. The second kappa shape index (κ2) is 5.95. The smallest absolute Gasteiger partial charge is 0.416 e. The Bertz CT molecular complexity index is 501. The van der Waals surface area contributed by atoms with Gasteiger partial charge < -0.3 is 10.4 Å². The highest BCUT2D eigenvalue weighted by Gasteiger charge is 2.32. The van der Waals surface area contributed by atoms with Crippen LogP contribution in [0, 0.1) is 0 Å². The molecule has 0 heterocycles. The van der Waals surface area contributed by atoms with Crippen molar-refractivity contribution in [3.8, 4) is 0 Å². The van der Waals surface area contributed by atoms with Gasteiger partial charge in [-0.2, -0.15) is 24.9 Å². The number of carboxylic acids is 1. The van der Waals surface area contributed by atoms with Crippen LogP contribution in [0.1, 0.15) is 29.8 Å². The molecular weight excluding hydrogens is 291 g/mol. The van der Waals surface area contributed by atoms with E-state index in [4.69, 9.17) is 5.11 Å². The van der Waals surface area contributed by atoms with Crippen LogP contribution in [0.2, 0.25) is 0 Å². The van der Waals surface area contributed by atoms with Gasteiger partial charge in [-0.05, 0) is 38.3 Å². The average molecular weight is 307 g/mol. The maximum absolute atomic E-state index is 12.6. The quantitative estimate of drug-likeness (QED) is 0.864. The van der Waals surface area contributed by atoms with Crippen molar-refractivity contribution < 1.29 is 23.1 Å². The van der Waals surface area contributed by atoms with Crippen LogP contribution in [0.15, 0.2) is 18.2 Å². The van der Waals surface area contributed by atoms with Gasteiger partial charge in [-0.25, -0.2) is 4.79 Å². The van der Waals surface area contributed by atoms with Gasteiger partial charge in [-0.3, -0.25) is 0 Å². The number of rotatable bonds is 5. The SMILES string of the molecule is CSC(C)(C)CNc1ccc(C(F)(F)F)cc1C(=O)O. The lowest BCUT2D eigenvalue weighted by Crippen LogP contribution is -2.26. The number of carbonyl (C=O) groups is 1. The monoisotopic (exact) mass is 307 g/mol. The molecule has 0 amide bonds. The van der Waals surface area contributed by atoms with Crippen LogP contribution in [0.3, 0.4) is 0 Å². The number of nitrogens with one attached hydrogen (secondary N) is 1. The molecular formula is C13H16F3NO2S. The van der Waals surface area contributed by atoms with Crippen LogP contribution in [0.4, 0.5) is 18.9 Å². The summed E-state index contributed by atoms with van der Waals surface area (Å²) in [6.45, 7) is 4.35. The van der Waals surface area contributed by atoms with Crippen molar-refractivity contribution >= 4 is 23.4 Å². The highest BCUT2D eigenvalue weighted by atomic mass is 32.2. The van der Waals surface area contributed by atoms with Crippen molar-refractivity contribution in [2.45, 2.75) is 24.8 Å². The number of halogens is 3. The maximum atomic E-state index is 12.6. The number of thioether (sulfide) groups is 1. The summed E-state index contributed by atoms with van der Waals surface area (Å²) in [4.78, 5) is 11.1. The van der Waals surface area contributed by atoms with Gasteiger partial charge in [-0.1, -0.05) is 0 Å². The highest BCUT2D eigenvalue weighted by molar-refractivity contribution is 7.99. The highest BCUT2D eigenvalue weighted by Crippen LogP contribution is 2.32. The first-order chi connectivity index (χ1) is 9.07. The molecule has 2 N–H and O–H groups in total. The predicted octanol–water partition coefficient (Wildman–Crippen LogP) is 3.96. The Balaban J connectivity index is 3.06. The summed E-state index contributed by atoms with van der Waals surface area (Å²) in [5, 5.41) is 11.9. The molecule has 3 nitrogen and oxygen atoms in total. The van der Waals surface area contributed by atoms with Crippen LogP contribution in [0.5, 0.6) is 0 Å². The first-order valence-electron chi connectivity index (χ1n) is 5.80. The molecule has 0 fully saturated rings. The van der Waals surface area contributed by atoms with Gasteiger partial charge >= 0.3 is 12.1 Å². The third-order valence-corrected chi connectivity index (χ3v) is 4.08. The van der Waals surface area contributed by atoms with Crippen molar-refractivity contribution in [3.05, 3.63) is 29.3 Å². The Kier molecular flexibility index (Phi) is 4.96. The third kappa shape index (κ3) is 4.33. The molecule has 0 saturated heterocycles. The van der Waals surface area contributed by atoms with Gasteiger partial charge in [0.2, 0.25) is 0 Å². The normalized spacial score (nSPS) is 12.3. The van der Waals surface area contributed by atoms with Crippen LogP contribution in [-0.4, -0.2) is 28.6 Å². The second-order valence-electron chi connectivity index (χ2n) is 4.88. The van der Waals surface area contributed by atoms with Gasteiger partial charge in [0.1, 0.15) is 0 Å². The fourth-order valence-electron chi connectivity index (χ4n) is 1.43. The Morgan fingerprint density at radius 3 is 2.40 bits per heavy atom. The predicted molar refractivity (Wildman–Crippen MR) is 74.5 cm³/mol. The number of benzene rings is 1. The average Bonchev–Trinajstić information content (AvgIpc) is 2.35. The zero-order valence-electron chi connectivity index (χ0n) is 11.3. The van der Waals surface area contributed by atoms with E-state index in [1.54, 1.807) is 11.8 Å². The number of carboxylic acid groups (broad SMARTS) is 1. The molecule has 0 aromatic heterocycles. The largest absolute Gasteiger partial charge is 0.478 e. The second-order valence-corrected chi connectivity index (χ2v) is 6.39. The van der Waals surface area contributed by atoms with Crippen molar-refractivity contribution in [1.29, 1.82) is 0 Å². The van der Waals surface area contributed by atoms with Gasteiger partial charge in [0, 0.05) is 17.0 Å². The van der Waals surface area contributed by atoms with E-state index in [1.165, 1.54) is 0 Å². The Morgan fingerprint density at radius 2 is 1.95 bits per heavy atom. The van der Waals surface area contributed by atoms with E-state index in [-0.39, 0.29) is 16.0 Å².